The van der Waals surface area contributed by atoms with Crippen molar-refractivity contribution in [1.29, 1.82) is 0 Å². The van der Waals surface area contributed by atoms with Crippen molar-refractivity contribution in [3.8, 4) is 0 Å². The first-order valence-corrected chi connectivity index (χ1v) is 10.8. The lowest BCUT2D eigenvalue weighted by atomic mass is 10.1. The van der Waals surface area contributed by atoms with Crippen LogP contribution in [0.1, 0.15) is 27.9 Å². The molecule has 3 amide bonds. The molecule has 164 valence electrons. The Kier molecular flexibility index (Phi) is 6.80. The molecule has 0 saturated carbocycles. The van der Waals surface area contributed by atoms with E-state index >= 15 is 0 Å². The van der Waals surface area contributed by atoms with Gasteiger partial charge in [0.2, 0.25) is 0 Å². The highest BCUT2D eigenvalue weighted by Gasteiger charge is 2.27. The smallest absolute Gasteiger partial charge is 0.324 e. The zero-order valence-corrected chi connectivity index (χ0v) is 17.8. The summed E-state index contributed by atoms with van der Waals surface area (Å²) < 4.78 is 13.2. The van der Waals surface area contributed by atoms with Crippen LogP contribution < -0.4 is 10.2 Å². The molecule has 0 bridgehead atoms. The third-order valence-corrected chi connectivity index (χ3v) is 5.56. The maximum Gasteiger partial charge on any atom is 0.324 e. The molecule has 32 heavy (non-hydrogen) atoms. The third-order valence-electron chi connectivity index (χ3n) is 5.56. The van der Waals surface area contributed by atoms with Crippen molar-refractivity contribution >= 4 is 17.6 Å². The molecule has 4 rings (SSSR count). The molecule has 0 radical (unpaired) electrons. The quantitative estimate of drug-likeness (QED) is 0.593. The number of amides is 3. The van der Waals surface area contributed by atoms with Crippen LogP contribution in [-0.2, 0) is 13.0 Å². The normalized spacial score (nSPS) is 13.8. The fourth-order valence-electron chi connectivity index (χ4n) is 3.86. The number of benzene rings is 3. The van der Waals surface area contributed by atoms with Gasteiger partial charge in [0.1, 0.15) is 5.82 Å². The van der Waals surface area contributed by atoms with E-state index in [9.17, 15) is 14.0 Å². The van der Waals surface area contributed by atoms with E-state index in [1.165, 1.54) is 17.7 Å². The maximum atomic E-state index is 13.2. The minimum absolute atomic E-state index is 0.109. The highest BCUT2D eigenvalue weighted by Crippen LogP contribution is 2.23. The lowest BCUT2D eigenvalue weighted by Gasteiger charge is -2.35. The molecule has 1 N–H and O–H groups in total. The molecule has 1 fully saturated rings. The predicted octanol–water partition coefficient (Wildman–Crippen LogP) is 4.63. The summed E-state index contributed by atoms with van der Waals surface area (Å²) in [6.07, 6.45) is 1.58. The molecule has 1 heterocycles. The molecule has 3 aromatic carbocycles. The number of anilines is 1. The number of hydrogen-bond donors (Lipinski definition) is 1. The largest absolute Gasteiger partial charge is 0.352 e. The van der Waals surface area contributed by atoms with Crippen LogP contribution in [-0.4, -0.2) is 36.5 Å². The van der Waals surface area contributed by atoms with E-state index in [4.69, 9.17) is 0 Å². The standard InChI is InChI=1S/C26H26FN3O2/c27-23-12-10-21(11-13-23)19-29-16-5-17-30(26(29)32)24-9-4-8-22(18-24)25(31)28-15-14-20-6-2-1-3-7-20/h1-4,6-13,18H,5,14-17,19H2,(H,28,31). The lowest BCUT2D eigenvalue weighted by Crippen LogP contribution is -2.49. The molecule has 3 aromatic rings. The Hall–Kier alpha value is -3.67. The lowest BCUT2D eigenvalue weighted by molar-refractivity contribution is 0.0954. The number of rotatable bonds is 7. The van der Waals surface area contributed by atoms with Crippen molar-refractivity contribution < 1.29 is 14.0 Å². The van der Waals surface area contributed by atoms with E-state index in [1.807, 2.05) is 36.4 Å². The van der Waals surface area contributed by atoms with Gasteiger partial charge in [-0.3, -0.25) is 9.69 Å². The Morgan fingerprint density at radius 1 is 0.906 bits per heavy atom. The summed E-state index contributed by atoms with van der Waals surface area (Å²) >= 11 is 0. The second kappa shape index (κ2) is 10.1. The van der Waals surface area contributed by atoms with Gasteiger partial charge in [0.05, 0.1) is 0 Å². The van der Waals surface area contributed by atoms with Gasteiger partial charge < -0.3 is 10.2 Å². The van der Waals surface area contributed by atoms with Crippen molar-refractivity contribution in [2.24, 2.45) is 0 Å². The fourth-order valence-corrected chi connectivity index (χ4v) is 3.86. The van der Waals surface area contributed by atoms with Crippen molar-refractivity contribution in [2.75, 3.05) is 24.5 Å². The second-order valence-electron chi connectivity index (χ2n) is 7.88. The van der Waals surface area contributed by atoms with Crippen molar-refractivity contribution in [3.63, 3.8) is 0 Å². The molecule has 0 aromatic heterocycles. The summed E-state index contributed by atoms with van der Waals surface area (Å²) in [6.45, 7) is 2.21. The van der Waals surface area contributed by atoms with Crippen molar-refractivity contribution in [1.82, 2.24) is 10.2 Å². The van der Waals surface area contributed by atoms with Crippen LogP contribution in [0.15, 0.2) is 78.9 Å². The molecule has 1 aliphatic rings. The van der Waals surface area contributed by atoms with E-state index < -0.39 is 0 Å². The topological polar surface area (TPSA) is 52.7 Å². The first kappa shape index (κ1) is 21.6. The van der Waals surface area contributed by atoms with Crippen LogP contribution in [0.25, 0.3) is 0 Å². The van der Waals surface area contributed by atoms with Crippen molar-refractivity contribution in [2.45, 2.75) is 19.4 Å². The van der Waals surface area contributed by atoms with E-state index in [0.29, 0.717) is 37.4 Å². The van der Waals surface area contributed by atoms with Gasteiger partial charge in [-0.15, -0.1) is 0 Å². The van der Waals surface area contributed by atoms with Crippen molar-refractivity contribution in [3.05, 3.63) is 101 Å². The summed E-state index contributed by atoms with van der Waals surface area (Å²) in [4.78, 5) is 29.2. The van der Waals surface area contributed by atoms with Gasteiger partial charge in [0.25, 0.3) is 5.91 Å². The molecule has 6 heteroatoms. The summed E-state index contributed by atoms with van der Waals surface area (Å²) in [7, 11) is 0. The van der Waals surface area contributed by atoms with Crippen LogP contribution in [0.2, 0.25) is 0 Å². The number of nitrogens with zero attached hydrogens (tertiary/aromatic N) is 2. The number of carbonyl (C=O) groups excluding carboxylic acids is 2. The average Bonchev–Trinajstić information content (AvgIpc) is 2.82. The highest BCUT2D eigenvalue weighted by atomic mass is 19.1. The molecule has 0 spiro atoms. The fraction of sp³-hybridized carbons (Fsp3) is 0.231. The maximum absolute atomic E-state index is 13.2. The summed E-state index contributed by atoms with van der Waals surface area (Å²) in [5, 5.41) is 2.95. The Morgan fingerprint density at radius 3 is 2.47 bits per heavy atom. The van der Waals surface area contributed by atoms with Crippen LogP contribution in [0.4, 0.5) is 14.9 Å². The Labute approximate surface area is 187 Å². The zero-order valence-electron chi connectivity index (χ0n) is 17.8. The number of halogens is 1. The second-order valence-corrected chi connectivity index (χ2v) is 7.88. The first-order chi connectivity index (χ1) is 15.6. The number of hydrogen-bond acceptors (Lipinski definition) is 2. The summed E-state index contributed by atoms with van der Waals surface area (Å²) in [5.41, 5.74) is 3.28. The zero-order chi connectivity index (χ0) is 22.3. The van der Waals surface area contributed by atoms with Gasteiger partial charge in [-0.25, -0.2) is 9.18 Å². The van der Waals surface area contributed by atoms with Crippen LogP contribution >= 0.6 is 0 Å². The van der Waals surface area contributed by atoms with Crippen LogP contribution in [0, 0.1) is 5.82 Å². The molecular weight excluding hydrogens is 405 g/mol. The van der Waals surface area contributed by atoms with Crippen LogP contribution in [0.5, 0.6) is 0 Å². The van der Waals surface area contributed by atoms with E-state index in [-0.39, 0.29) is 17.8 Å². The Bertz CT molecular complexity index is 1070. The Balaban J connectivity index is 1.39. The average molecular weight is 432 g/mol. The minimum atomic E-state index is -0.292. The number of urea groups is 1. The molecule has 5 nitrogen and oxygen atoms in total. The monoisotopic (exact) mass is 431 g/mol. The SMILES string of the molecule is O=C(NCCc1ccccc1)c1cccc(N2CCCN(Cc3ccc(F)cc3)C2=O)c1. The molecule has 1 aliphatic heterocycles. The first-order valence-electron chi connectivity index (χ1n) is 10.8. The number of carbonyl (C=O) groups is 2. The number of nitrogens with one attached hydrogen (secondary N) is 1. The predicted molar refractivity (Wildman–Crippen MR) is 123 cm³/mol. The van der Waals surface area contributed by atoms with E-state index in [1.54, 1.807) is 40.1 Å². The van der Waals surface area contributed by atoms with Gasteiger partial charge in [0, 0.05) is 37.4 Å². The van der Waals surface area contributed by atoms with Gasteiger partial charge >= 0.3 is 6.03 Å². The van der Waals surface area contributed by atoms with Gasteiger partial charge in [-0.05, 0) is 54.3 Å². The highest BCUT2D eigenvalue weighted by molar-refractivity contribution is 5.98. The molecule has 1 saturated heterocycles. The molecular formula is C26H26FN3O2. The summed E-state index contributed by atoms with van der Waals surface area (Å²) in [5.74, 6) is -0.449. The summed E-state index contributed by atoms with van der Waals surface area (Å²) in [6, 6.07) is 23.3. The van der Waals surface area contributed by atoms with E-state index in [0.717, 1.165) is 18.4 Å². The Morgan fingerprint density at radius 2 is 1.69 bits per heavy atom. The molecule has 0 aliphatic carbocycles. The van der Waals surface area contributed by atoms with E-state index in [2.05, 4.69) is 5.32 Å². The third kappa shape index (κ3) is 5.32. The van der Waals surface area contributed by atoms with Gasteiger partial charge in [-0.2, -0.15) is 0 Å². The molecule has 0 unspecified atom stereocenters. The minimum Gasteiger partial charge on any atom is -0.352 e. The molecule has 0 atom stereocenters. The van der Waals surface area contributed by atoms with Crippen LogP contribution in [0.3, 0.4) is 0 Å². The van der Waals surface area contributed by atoms with Gasteiger partial charge in [0.15, 0.2) is 0 Å². The van der Waals surface area contributed by atoms with Gasteiger partial charge in [-0.1, -0.05) is 48.5 Å².